The second-order valence-corrected chi connectivity index (χ2v) is 5.49. The zero-order chi connectivity index (χ0) is 14.0. The molecule has 1 aromatic carbocycles. The largest absolute Gasteiger partial charge is 0.415 e. The lowest BCUT2D eigenvalue weighted by Gasteiger charge is -2.15. The number of hydrogen-bond acceptors (Lipinski definition) is 3. The van der Waals surface area contributed by atoms with Gasteiger partial charge in [-0.05, 0) is 19.1 Å². The minimum Gasteiger partial charge on any atom is -0.382 e. The predicted molar refractivity (Wildman–Crippen MR) is 58.4 cm³/mol. The quantitative estimate of drug-likeness (QED) is 0.872. The molecule has 0 bridgehead atoms. The van der Waals surface area contributed by atoms with Gasteiger partial charge in [0, 0.05) is 6.54 Å². The van der Waals surface area contributed by atoms with E-state index in [4.69, 9.17) is 5.11 Å². The standard InChI is InChI=1S/C10H12F3NO3S/c1-7-2-4-8(5-3-7)18(16,17)14-6-9(15)10(11,12)13/h2-5,9,14-15H,6H2,1H3/t9-/m0/s1. The lowest BCUT2D eigenvalue weighted by molar-refractivity contribution is -0.200. The molecule has 0 fully saturated rings. The Morgan fingerprint density at radius 3 is 2.22 bits per heavy atom. The number of benzene rings is 1. The molecule has 1 atom stereocenters. The second kappa shape index (κ2) is 5.25. The molecule has 2 N–H and O–H groups in total. The van der Waals surface area contributed by atoms with Crippen molar-refractivity contribution < 1.29 is 26.7 Å². The van der Waals surface area contributed by atoms with Crippen LogP contribution in [0.2, 0.25) is 0 Å². The van der Waals surface area contributed by atoms with Gasteiger partial charge in [0.15, 0.2) is 6.10 Å². The molecular formula is C10H12F3NO3S. The van der Waals surface area contributed by atoms with Crippen LogP contribution in [0.25, 0.3) is 0 Å². The molecule has 0 heterocycles. The van der Waals surface area contributed by atoms with E-state index in [0.717, 1.165) is 5.56 Å². The van der Waals surface area contributed by atoms with E-state index in [1.54, 1.807) is 11.6 Å². The normalized spacial score (nSPS) is 14.5. The molecule has 102 valence electrons. The monoisotopic (exact) mass is 283 g/mol. The van der Waals surface area contributed by atoms with E-state index >= 15 is 0 Å². The fraction of sp³-hybridized carbons (Fsp3) is 0.400. The molecule has 4 nitrogen and oxygen atoms in total. The minimum atomic E-state index is -4.85. The number of nitrogens with one attached hydrogen (secondary N) is 1. The molecule has 0 aliphatic heterocycles. The summed E-state index contributed by atoms with van der Waals surface area (Å²) >= 11 is 0. The minimum absolute atomic E-state index is 0.150. The van der Waals surface area contributed by atoms with Gasteiger partial charge in [0.25, 0.3) is 0 Å². The highest BCUT2D eigenvalue weighted by molar-refractivity contribution is 7.89. The lowest BCUT2D eigenvalue weighted by atomic mass is 10.2. The number of aryl methyl sites for hydroxylation is 1. The number of rotatable bonds is 4. The van der Waals surface area contributed by atoms with Gasteiger partial charge in [-0.1, -0.05) is 17.7 Å². The van der Waals surface area contributed by atoms with Crippen LogP contribution in [0.1, 0.15) is 5.56 Å². The third-order valence-corrected chi connectivity index (χ3v) is 3.62. The molecule has 0 unspecified atom stereocenters. The summed E-state index contributed by atoms with van der Waals surface area (Å²) in [7, 11) is -4.04. The number of alkyl halides is 3. The van der Waals surface area contributed by atoms with Crippen molar-refractivity contribution in [3.8, 4) is 0 Å². The summed E-state index contributed by atoms with van der Waals surface area (Å²) in [5, 5.41) is 8.69. The Morgan fingerprint density at radius 2 is 1.78 bits per heavy atom. The zero-order valence-electron chi connectivity index (χ0n) is 9.40. The van der Waals surface area contributed by atoms with E-state index < -0.39 is 28.8 Å². The topological polar surface area (TPSA) is 66.4 Å². The summed E-state index contributed by atoms with van der Waals surface area (Å²) in [5.41, 5.74) is 0.823. The molecule has 0 aromatic heterocycles. The number of halogens is 3. The average Bonchev–Trinajstić information content (AvgIpc) is 2.25. The summed E-state index contributed by atoms with van der Waals surface area (Å²) in [4.78, 5) is -0.150. The predicted octanol–water partition coefficient (Wildman–Crippen LogP) is 1.20. The van der Waals surface area contributed by atoms with Crippen LogP contribution in [-0.2, 0) is 10.0 Å². The highest BCUT2D eigenvalue weighted by Gasteiger charge is 2.38. The lowest BCUT2D eigenvalue weighted by Crippen LogP contribution is -2.40. The summed E-state index contributed by atoms with van der Waals surface area (Å²) in [6.45, 7) is 0.636. The maximum absolute atomic E-state index is 12.0. The Bertz CT molecular complexity index is 496. The maximum atomic E-state index is 12.0. The first-order chi connectivity index (χ1) is 8.13. The van der Waals surface area contributed by atoms with Crippen molar-refractivity contribution in [3.05, 3.63) is 29.8 Å². The maximum Gasteiger partial charge on any atom is 0.415 e. The molecule has 8 heteroatoms. The summed E-state index contributed by atoms with van der Waals surface area (Å²) in [6.07, 6.45) is -7.58. The van der Waals surface area contributed by atoms with E-state index in [1.807, 2.05) is 0 Å². The second-order valence-electron chi connectivity index (χ2n) is 3.72. The molecule has 0 aliphatic carbocycles. The summed E-state index contributed by atoms with van der Waals surface area (Å²) in [5.74, 6) is 0. The van der Waals surface area contributed by atoms with Gasteiger partial charge < -0.3 is 5.11 Å². The van der Waals surface area contributed by atoms with Gasteiger partial charge in [0.2, 0.25) is 10.0 Å². The Kier molecular flexibility index (Phi) is 4.36. The highest BCUT2D eigenvalue weighted by atomic mass is 32.2. The Morgan fingerprint density at radius 1 is 1.28 bits per heavy atom. The van der Waals surface area contributed by atoms with Gasteiger partial charge in [-0.2, -0.15) is 13.2 Å². The molecule has 1 rings (SSSR count). The van der Waals surface area contributed by atoms with Crippen molar-refractivity contribution >= 4 is 10.0 Å². The molecule has 0 radical (unpaired) electrons. The van der Waals surface area contributed by atoms with E-state index in [2.05, 4.69) is 0 Å². The molecule has 0 saturated carbocycles. The van der Waals surface area contributed by atoms with Crippen molar-refractivity contribution in [2.45, 2.75) is 24.1 Å². The van der Waals surface area contributed by atoms with Crippen LogP contribution in [0.4, 0.5) is 13.2 Å². The van der Waals surface area contributed by atoms with Crippen LogP contribution < -0.4 is 4.72 Å². The smallest absolute Gasteiger partial charge is 0.382 e. The number of aliphatic hydroxyl groups is 1. The van der Waals surface area contributed by atoms with E-state index in [0.29, 0.717) is 0 Å². The van der Waals surface area contributed by atoms with Gasteiger partial charge in [0.05, 0.1) is 4.90 Å². The Balaban J connectivity index is 2.75. The first-order valence-electron chi connectivity index (χ1n) is 4.94. The van der Waals surface area contributed by atoms with E-state index in [1.165, 1.54) is 24.3 Å². The fourth-order valence-corrected chi connectivity index (χ4v) is 2.14. The Labute approximate surface area is 102 Å². The van der Waals surface area contributed by atoms with E-state index in [-0.39, 0.29) is 4.90 Å². The van der Waals surface area contributed by atoms with Gasteiger partial charge in [-0.25, -0.2) is 13.1 Å². The highest BCUT2D eigenvalue weighted by Crippen LogP contribution is 2.19. The van der Waals surface area contributed by atoms with Crippen molar-refractivity contribution in [1.29, 1.82) is 0 Å². The summed E-state index contributed by atoms with van der Waals surface area (Å²) in [6, 6.07) is 5.60. The van der Waals surface area contributed by atoms with Crippen molar-refractivity contribution in [3.63, 3.8) is 0 Å². The van der Waals surface area contributed by atoms with Gasteiger partial charge in [0.1, 0.15) is 0 Å². The van der Waals surface area contributed by atoms with Crippen molar-refractivity contribution in [2.24, 2.45) is 0 Å². The first kappa shape index (κ1) is 14.9. The molecule has 0 saturated heterocycles. The third kappa shape index (κ3) is 3.97. The summed E-state index contributed by atoms with van der Waals surface area (Å²) < 4.78 is 60.9. The van der Waals surface area contributed by atoms with Gasteiger partial charge in [-0.15, -0.1) is 0 Å². The van der Waals surface area contributed by atoms with E-state index in [9.17, 15) is 21.6 Å². The van der Waals surface area contributed by atoms with Crippen LogP contribution in [0, 0.1) is 6.92 Å². The van der Waals surface area contributed by atoms with Crippen LogP contribution in [-0.4, -0.2) is 32.3 Å². The fourth-order valence-electron chi connectivity index (χ4n) is 1.11. The molecule has 18 heavy (non-hydrogen) atoms. The molecule has 0 spiro atoms. The number of hydrogen-bond donors (Lipinski definition) is 2. The molecule has 1 aromatic rings. The van der Waals surface area contributed by atoms with Gasteiger partial charge in [-0.3, -0.25) is 0 Å². The van der Waals surface area contributed by atoms with Crippen molar-refractivity contribution in [1.82, 2.24) is 4.72 Å². The number of aliphatic hydroxyl groups excluding tert-OH is 1. The van der Waals surface area contributed by atoms with Crippen LogP contribution >= 0.6 is 0 Å². The third-order valence-electron chi connectivity index (χ3n) is 2.18. The molecular weight excluding hydrogens is 271 g/mol. The Hall–Kier alpha value is -1.12. The van der Waals surface area contributed by atoms with Crippen molar-refractivity contribution in [2.75, 3.05) is 6.54 Å². The molecule has 0 amide bonds. The zero-order valence-corrected chi connectivity index (χ0v) is 10.2. The van der Waals surface area contributed by atoms with Crippen LogP contribution in [0.5, 0.6) is 0 Å². The molecule has 0 aliphatic rings. The van der Waals surface area contributed by atoms with Crippen LogP contribution in [0.15, 0.2) is 29.2 Å². The number of sulfonamides is 1. The van der Waals surface area contributed by atoms with Crippen LogP contribution in [0.3, 0.4) is 0 Å². The average molecular weight is 283 g/mol. The van der Waals surface area contributed by atoms with Gasteiger partial charge >= 0.3 is 6.18 Å². The SMILES string of the molecule is Cc1ccc(S(=O)(=O)NC[C@H](O)C(F)(F)F)cc1. The first-order valence-corrected chi connectivity index (χ1v) is 6.42.